The quantitative estimate of drug-likeness (QED) is 0.553. The summed E-state index contributed by atoms with van der Waals surface area (Å²) in [4.78, 5) is 26.8. The summed E-state index contributed by atoms with van der Waals surface area (Å²) in [7, 11) is 1.46. The van der Waals surface area contributed by atoms with Crippen LogP contribution in [-0.4, -0.2) is 43.3 Å². The van der Waals surface area contributed by atoms with Crippen molar-refractivity contribution in [2.45, 2.75) is 58.5 Å². The molecule has 1 aromatic rings. The molecule has 33 heavy (non-hydrogen) atoms. The molecule has 2 atom stereocenters. The van der Waals surface area contributed by atoms with E-state index in [0.717, 1.165) is 18.5 Å². The number of nitrogens with one attached hydrogen (secondary N) is 1. The van der Waals surface area contributed by atoms with E-state index in [9.17, 15) is 14.7 Å². The Hall–Kier alpha value is -2.32. The summed E-state index contributed by atoms with van der Waals surface area (Å²) in [5.41, 5.74) is 2.94. The van der Waals surface area contributed by atoms with Gasteiger partial charge in [0.15, 0.2) is 17.3 Å². The van der Waals surface area contributed by atoms with Crippen molar-refractivity contribution in [3.8, 4) is 11.5 Å². The first-order chi connectivity index (χ1) is 15.6. The second-order valence-corrected chi connectivity index (χ2v) is 10.6. The van der Waals surface area contributed by atoms with Crippen LogP contribution in [0.15, 0.2) is 39.1 Å². The SMILES string of the molecule is COc1cc([C@H]2C(C(=O)OC[C@@H]3CCCO3)=C(C)NC3=C2C(=O)CC(C)(C)C3)cc(Br)c1O. The molecule has 0 saturated carbocycles. The molecule has 2 N–H and O–H groups in total. The number of Topliss-reactive ketones (excluding diaryl/α,β-unsaturated/α-hetero) is 1. The fourth-order valence-corrected chi connectivity index (χ4v) is 5.44. The van der Waals surface area contributed by atoms with Crippen molar-refractivity contribution < 1.29 is 28.9 Å². The number of aromatic hydroxyl groups is 1. The van der Waals surface area contributed by atoms with Gasteiger partial charge < -0.3 is 24.6 Å². The number of carbonyl (C=O) groups excluding carboxylic acids is 2. The number of hydrogen-bond donors (Lipinski definition) is 2. The molecular weight excluding hydrogens is 490 g/mol. The lowest BCUT2D eigenvalue weighted by atomic mass is 9.68. The van der Waals surface area contributed by atoms with Gasteiger partial charge in [-0.15, -0.1) is 0 Å². The van der Waals surface area contributed by atoms with E-state index in [-0.39, 0.29) is 35.4 Å². The minimum Gasteiger partial charge on any atom is -0.503 e. The summed E-state index contributed by atoms with van der Waals surface area (Å²) in [6.07, 6.45) is 2.79. The second-order valence-electron chi connectivity index (χ2n) is 9.72. The molecule has 0 radical (unpaired) electrons. The summed E-state index contributed by atoms with van der Waals surface area (Å²) in [5.74, 6) is -0.892. The number of hydrogen-bond acceptors (Lipinski definition) is 7. The standard InChI is InChI=1S/C25H30BrNO6/c1-13-20(24(30)33-12-15-6-5-7-32-15)21(14-8-16(26)23(29)19(9-14)31-4)22-17(27-13)10-25(2,3)11-18(22)28/h8-9,15,21,27,29H,5-7,10-12H2,1-4H3/t15-,21-/m0/s1. The summed E-state index contributed by atoms with van der Waals surface area (Å²) in [5, 5.41) is 13.7. The van der Waals surface area contributed by atoms with Crippen LogP contribution >= 0.6 is 15.9 Å². The Balaban J connectivity index is 1.79. The fourth-order valence-electron chi connectivity index (χ4n) is 4.98. The smallest absolute Gasteiger partial charge is 0.336 e. The van der Waals surface area contributed by atoms with E-state index in [2.05, 4.69) is 35.1 Å². The highest BCUT2D eigenvalue weighted by molar-refractivity contribution is 9.10. The van der Waals surface area contributed by atoms with Crippen LogP contribution in [-0.2, 0) is 19.1 Å². The first-order valence-electron chi connectivity index (χ1n) is 11.2. The molecule has 2 aliphatic heterocycles. The number of dihydropyridines is 1. The fraction of sp³-hybridized carbons (Fsp3) is 0.520. The third-order valence-electron chi connectivity index (χ3n) is 6.49. The van der Waals surface area contributed by atoms with E-state index >= 15 is 0 Å². The Morgan fingerprint density at radius 2 is 2.09 bits per heavy atom. The monoisotopic (exact) mass is 519 g/mol. The van der Waals surface area contributed by atoms with Gasteiger partial charge in [0.2, 0.25) is 0 Å². The van der Waals surface area contributed by atoms with Crippen molar-refractivity contribution in [1.29, 1.82) is 0 Å². The van der Waals surface area contributed by atoms with E-state index < -0.39 is 11.9 Å². The predicted molar refractivity (Wildman–Crippen MR) is 126 cm³/mol. The number of esters is 1. The Morgan fingerprint density at radius 1 is 1.33 bits per heavy atom. The number of ether oxygens (including phenoxy) is 3. The minimum atomic E-state index is -0.632. The van der Waals surface area contributed by atoms with Crippen LogP contribution in [0.25, 0.3) is 0 Å². The first-order valence-corrected chi connectivity index (χ1v) is 12.0. The number of rotatable bonds is 5. The van der Waals surface area contributed by atoms with Gasteiger partial charge in [0.1, 0.15) is 6.61 Å². The Labute approximate surface area is 202 Å². The summed E-state index contributed by atoms with van der Waals surface area (Å²) >= 11 is 3.38. The maximum Gasteiger partial charge on any atom is 0.336 e. The Kier molecular flexibility index (Phi) is 6.60. The number of allylic oxidation sites excluding steroid dienone is 3. The third-order valence-corrected chi connectivity index (χ3v) is 7.09. The molecule has 1 aromatic carbocycles. The topological polar surface area (TPSA) is 94.1 Å². The predicted octanol–water partition coefficient (Wildman–Crippen LogP) is 4.49. The van der Waals surface area contributed by atoms with E-state index in [1.165, 1.54) is 7.11 Å². The highest BCUT2D eigenvalue weighted by atomic mass is 79.9. The van der Waals surface area contributed by atoms with Crippen molar-refractivity contribution >= 4 is 27.7 Å². The molecule has 1 fully saturated rings. The van der Waals surface area contributed by atoms with E-state index in [4.69, 9.17) is 14.2 Å². The van der Waals surface area contributed by atoms with Crippen LogP contribution in [0.3, 0.4) is 0 Å². The lowest BCUT2D eigenvalue weighted by Gasteiger charge is -2.39. The van der Waals surface area contributed by atoms with Crippen LogP contribution in [0.4, 0.5) is 0 Å². The maximum absolute atomic E-state index is 13.4. The van der Waals surface area contributed by atoms with Crippen molar-refractivity contribution in [2.75, 3.05) is 20.3 Å². The van der Waals surface area contributed by atoms with Gasteiger partial charge in [-0.1, -0.05) is 13.8 Å². The highest BCUT2D eigenvalue weighted by Crippen LogP contribution is 2.49. The van der Waals surface area contributed by atoms with Crippen molar-refractivity contribution in [3.05, 3.63) is 44.7 Å². The van der Waals surface area contributed by atoms with E-state index in [1.807, 2.05) is 6.92 Å². The van der Waals surface area contributed by atoms with Crippen LogP contribution in [0.1, 0.15) is 57.9 Å². The van der Waals surface area contributed by atoms with E-state index in [1.54, 1.807) is 12.1 Å². The molecule has 0 aromatic heterocycles. The van der Waals surface area contributed by atoms with Gasteiger partial charge in [-0.25, -0.2) is 4.79 Å². The number of carbonyl (C=O) groups is 2. The molecule has 8 heteroatoms. The lowest BCUT2D eigenvalue weighted by Crippen LogP contribution is -2.39. The zero-order valence-electron chi connectivity index (χ0n) is 19.4. The van der Waals surface area contributed by atoms with Gasteiger partial charge in [-0.05, 0) is 65.2 Å². The van der Waals surface area contributed by atoms with Gasteiger partial charge in [-0.3, -0.25) is 4.79 Å². The van der Waals surface area contributed by atoms with Crippen LogP contribution < -0.4 is 10.1 Å². The van der Waals surface area contributed by atoms with Gasteiger partial charge in [0, 0.05) is 35.9 Å². The molecule has 1 saturated heterocycles. The summed E-state index contributed by atoms with van der Waals surface area (Å²) in [6.45, 7) is 6.82. The van der Waals surface area contributed by atoms with Crippen molar-refractivity contribution in [3.63, 3.8) is 0 Å². The third kappa shape index (κ3) is 4.68. The zero-order chi connectivity index (χ0) is 23.9. The van der Waals surface area contributed by atoms with Crippen molar-refractivity contribution in [1.82, 2.24) is 5.32 Å². The van der Waals surface area contributed by atoms with Gasteiger partial charge in [0.25, 0.3) is 0 Å². The molecule has 1 aliphatic carbocycles. The van der Waals surface area contributed by atoms with Crippen molar-refractivity contribution in [2.24, 2.45) is 5.41 Å². The van der Waals surface area contributed by atoms with Gasteiger partial charge in [0.05, 0.1) is 23.3 Å². The number of benzene rings is 1. The average Bonchev–Trinajstić information content (AvgIpc) is 3.25. The Morgan fingerprint density at radius 3 is 2.76 bits per heavy atom. The minimum absolute atomic E-state index is 0.00107. The number of methoxy groups -OCH3 is 1. The molecule has 2 heterocycles. The number of halogens is 1. The first kappa shape index (κ1) is 23.8. The number of ketones is 1. The maximum atomic E-state index is 13.4. The number of phenols is 1. The van der Waals surface area contributed by atoms with Crippen LogP contribution in [0.2, 0.25) is 0 Å². The Bertz CT molecular complexity index is 1050. The molecule has 0 spiro atoms. The number of phenolic OH excluding ortho intramolecular Hbond substituents is 1. The zero-order valence-corrected chi connectivity index (χ0v) is 21.0. The lowest BCUT2D eigenvalue weighted by molar-refractivity contribution is -0.142. The average molecular weight is 520 g/mol. The van der Waals surface area contributed by atoms with Gasteiger partial charge >= 0.3 is 5.97 Å². The molecular formula is C25H30BrNO6. The molecule has 7 nitrogen and oxygen atoms in total. The largest absolute Gasteiger partial charge is 0.503 e. The summed E-state index contributed by atoms with van der Waals surface area (Å²) < 4.78 is 17.0. The molecule has 4 rings (SSSR count). The van der Waals surface area contributed by atoms with Gasteiger partial charge in [-0.2, -0.15) is 0 Å². The van der Waals surface area contributed by atoms with Crippen LogP contribution in [0.5, 0.6) is 11.5 Å². The van der Waals surface area contributed by atoms with Crippen LogP contribution in [0, 0.1) is 5.41 Å². The van der Waals surface area contributed by atoms with E-state index in [0.29, 0.717) is 46.3 Å². The molecule has 0 bridgehead atoms. The molecule has 3 aliphatic rings. The second kappa shape index (κ2) is 9.14. The normalized spacial score (nSPS) is 24.5. The highest BCUT2D eigenvalue weighted by Gasteiger charge is 2.43. The summed E-state index contributed by atoms with van der Waals surface area (Å²) in [6, 6.07) is 3.40. The molecule has 0 amide bonds. The molecule has 0 unspecified atom stereocenters. The molecule has 178 valence electrons.